The number of rotatable bonds is 5. The van der Waals surface area contributed by atoms with Crippen molar-refractivity contribution in [3.8, 4) is 5.75 Å². The van der Waals surface area contributed by atoms with Gasteiger partial charge in [0.2, 0.25) is 0 Å². The summed E-state index contributed by atoms with van der Waals surface area (Å²) in [7, 11) is 0. The molecule has 0 aliphatic heterocycles. The van der Waals surface area contributed by atoms with Crippen molar-refractivity contribution >= 4 is 0 Å². The van der Waals surface area contributed by atoms with Crippen LogP contribution in [-0.4, -0.2) is 17.8 Å². The average molecular weight is 238 g/mol. The van der Waals surface area contributed by atoms with Gasteiger partial charge in [-0.05, 0) is 24.5 Å². The maximum atomic E-state index is 12.9. The molecule has 1 aliphatic rings. The van der Waals surface area contributed by atoms with Crippen molar-refractivity contribution in [1.29, 1.82) is 0 Å². The number of aliphatic hydroxyl groups excluding tert-OH is 1. The molecule has 1 fully saturated rings. The van der Waals surface area contributed by atoms with E-state index in [2.05, 4.69) is 0 Å². The zero-order valence-corrected chi connectivity index (χ0v) is 9.94. The lowest BCUT2D eigenvalue weighted by molar-refractivity contribution is 0.0854. The predicted molar refractivity (Wildman–Crippen MR) is 64.5 cm³/mol. The molecule has 2 nitrogen and oxygen atoms in total. The summed E-state index contributed by atoms with van der Waals surface area (Å²) in [6.45, 7) is 0.250. The lowest BCUT2D eigenvalue weighted by Crippen LogP contribution is -2.20. The van der Waals surface area contributed by atoms with Gasteiger partial charge in [-0.25, -0.2) is 4.39 Å². The van der Waals surface area contributed by atoms with Crippen molar-refractivity contribution < 1.29 is 14.2 Å². The molecule has 1 N–H and O–H groups in total. The minimum Gasteiger partial charge on any atom is -0.491 e. The van der Waals surface area contributed by atoms with E-state index in [4.69, 9.17) is 4.74 Å². The van der Waals surface area contributed by atoms with Crippen molar-refractivity contribution in [2.75, 3.05) is 6.61 Å². The Morgan fingerprint density at radius 3 is 2.82 bits per heavy atom. The summed E-state index contributed by atoms with van der Waals surface area (Å²) in [6.07, 6.45) is 5.36. The standard InChI is InChI=1S/C14H19FO2/c15-12-6-3-7-14(9-12)17-10-13(16)8-11-4-1-2-5-11/h3,6-7,9,11,13,16H,1-2,4-5,8,10H2. The van der Waals surface area contributed by atoms with Gasteiger partial charge in [0.25, 0.3) is 0 Å². The van der Waals surface area contributed by atoms with Gasteiger partial charge in [0, 0.05) is 6.07 Å². The van der Waals surface area contributed by atoms with E-state index in [9.17, 15) is 9.50 Å². The largest absolute Gasteiger partial charge is 0.491 e. The van der Waals surface area contributed by atoms with E-state index in [1.807, 2.05) is 0 Å². The van der Waals surface area contributed by atoms with Crippen LogP contribution in [0.4, 0.5) is 4.39 Å². The Morgan fingerprint density at radius 2 is 2.12 bits per heavy atom. The molecule has 0 heterocycles. The minimum absolute atomic E-state index is 0.250. The molecule has 0 aromatic heterocycles. The molecule has 3 heteroatoms. The van der Waals surface area contributed by atoms with Crippen LogP contribution in [0.2, 0.25) is 0 Å². The highest BCUT2D eigenvalue weighted by atomic mass is 19.1. The van der Waals surface area contributed by atoms with Crippen LogP contribution in [0, 0.1) is 11.7 Å². The molecule has 17 heavy (non-hydrogen) atoms. The average Bonchev–Trinajstić information content (AvgIpc) is 2.79. The number of hydrogen-bond donors (Lipinski definition) is 1. The first-order valence-electron chi connectivity index (χ1n) is 6.30. The molecule has 0 bridgehead atoms. The summed E-state index contributed by atoms with van der Waals surface area (Å²) in [5, 5.41) is 9.82. The van der Waals surface area contributed by atoms with Gasteiger partial charge in [-0.15, -0.1) is 0 Å². The van der Waals surface area contributed by atoms with Crippen molar-refractivity contribution in [2.24, 2.45) is 5.92 Å². The molecule has 1 aromatic carbocycles. The molecular weight excluding hydrogens is 219 g/mol. The van der Waals surface area contributed by atoms with Crippen LogP contribution in [0.5, 0.6) is 5.75 Å². The second-order valence-corrected chi connectivity index (χ2v) is 4.81. The number of aliphatic hydroxyl groups is 1. The fraction of sp³-hybridized carbons (Fsp3) is 0.571. The fourth-order valence-corrected chi connectivity index (χ4v) is 2.45. The maximum absolute atomic E-state index is 12.9. The van der Waals surface area contributed by atoms with Crippen molar-refractivity contribution in [2.45, 2.75) is 38.2 Å². The number of halogens is 1. The monoisotopic (exact) mass is 238 g/mol. The van der Waals surface area contributed by atoms with Crippen LogP contribution in [0.25, 0.3) is 0 Å². The Morgan fingerprint density at radius 1 is 1.35 bits per heavy atom. The lowest BCUT2D eigenvalue weighted by atomic mass is 10.0. The van der Waals surface area contributed by atoms with Crippen LogP contribution in [-0.2, 0) is 0 Å². The van der Waals surface area contributed by atoms with Crippen LogP contribution in [0.3, 0.4) is 0 Å². The molecule has 1 aliphatic carbocycles. The van der Waals surface area contributed by atoms with Gasteiger partial charge in [-0.3, -0.25) is 0 Å². The Labute approximate surface area is 101 Å². The molecule has 94 valence electrons. The first-order valence-corrected chi connectivity index (χ1v) is 6.30. The van der Waals surface area contributed by atoms with E-state index in [-0.39, 0.29) is 12.4 Å². The molecular formula is C14H19FO2. The van der Waals surface area contributed by atoms with Gasteiger partial charge in [0.1, 0.15) is 18.2 Å². The summed E-state index contributed by atoms with van der Waals surface area (Å²) < 4.78 is 18.2. The van der Waals surface area contributed by atoms with Gasteiger partial charge in [0.05, 0.1) is 6.10 Å². The minimum atomic E-state index is -0.443. The van der Waals surface area contributed by atoms with E-state index in [1.54, 1.807) is 12.1 Å². The summed E-state index contributed by atoms with van der Waals surface area (Å²) in [5.74, 6) is 0.810. The normalized spacial score (nSPS) is 18.2. The van der Waals surface area contributed by atoms with Crippen LogP contribution in [0.15, 0.2) is 24.3 Å². The zero-order chi connectivity index (χ0) is 12.1. The molecule has 0 radical (unpaired) electrons. The Bertz CT molecular complexity index is 348. The fourth-order valence-electron chi connectivity index (χ4n) is 2.45. The van der Waals surface area contributed by atoms with Gasteiger partial charge in [-0.1, -0.05) is 31.7 Å². The molecule has 1 unspecified atom stereocenters. The number of benzene rings is 1. The predicted octanol–water partition coefficient (Wildman–Crippen LogP) is 3.15. The molecule has 1 saturated carbocycles. The first-order chi connectivity index (χ1) is 8.24. The Hall–Kier alpha value is -1.09. The highest BCUT2D eigenvalue weighted by Gasteiger charge is 2.19. The molecule has 0 spiro atoms. The summed E-state index contributed by atoms with van der Waals surface area (Å²) in [6, 6.07) is 6.02. The second kappa shape index (κ2) is 6.01. The van der Waals surface area contributed by atoms with Crippen molar-refractivity contribution in [3.05, 3.63) is 30.1 Å². The van der Waals surface area contributed by atoms with Gasteiger partial charge in [0.15, 0.2) is 0 Å². The van der Waals surface area contributed by atoms with Gasteiger partial charge >= 0.3 is 0 Å². The first kappa shape index (κ1) is 12.4. The van der Waals surface area contributed by atoms with Crippen molar-refractivity contribution in [3.63, 3.8) is 0 Å². The molecule has 0 amide bonds. The smallest absolute Gasteiger partial charge is 0.126 e. The van der Waals surface area contributed by atoms with Gasteiger partial charge in [-0.2, -0.15) is 0 Å². The summed E-state index contributed by atoms with van der Waals surface area (Å²) in [5.41, 5.74) is 0. The highest BCUT2D eigenvalue weighted by molar-refractivity contribution is 5.22. The zero-order valence-electron chi connectivity index (χ0n) is 9.94. The molecule has 2 rings (SSSR count). The summed E-state index contributed by atoms with van der Waals surface area (Å²) >= 11 is 0. The van der Waals surface area contributed by atoms with E-state index in [1.165, 1.54) is 37.8 Å². The number of ether oxygens (including phenoxy) is 1. The van der Waals surface area contributed by atoms with Crippen molar-refractivity contribution in [1.82, 2.24) is 0 Å². The molecule has 1 aromatic rings. The summed E-state index contributed by atoms with van der Waals surface area (Å²) in [4.78, 5) is 0. The lowest BCUT2D eigenvalue weighted by Gasteiger charge is -2.16. The van der Waals surface area contributed by atoms with E-state index >= 15 is 0 Å². The van der Waals surface area contributed by atoms with Crippen LogP contribution >= 0.6 is 0 Å². The Kier molecular flexibility index (Phi) is 4.37. The highest BCUT2D eigenvalue weighted by Crippen LogP contribution is 2.28. The second-order valence-electron chi connectivity index (χ2n) is 4.81. The SMILES string of the molecule is OC(COc1cccc(F)c1)CC1CCCC1. The number of hydrogen-bond acceptors (Lipinski definition) is 2. The molecule has 0 saturated heterocycles. The van der Waals surface area contributed by atoms with Gasteiger partial charge < -0.3 is 9.84 Å². The van der Waals surface area contributed by atoms with Crippen LogP contribution in [0.1, 0.15) is 32.1 Å². The third kappa shape index (κ3) is 4.00. The quantitative estimate of drug-likeness (QED) is 0.854. The maximum Gasteiger partial charge on any atom is 0.126 e. The molecule has 1 atom stereocenters. The van der Waals surface area contributed by atoms with E-state index in [0.717, 1.165) is 6.42 Å². The third-order valence-electron chi connectivity index (χ3n) is 3.32. The Balaban J connectivity index is 1.73. The topological polar surface area (TPSA) is 29.5 Å². The van der Waals surface area contributed by atoms with Crippen LogP contribution < -0.4 is 4.74 Å². The third-order valence-corrected chi connectivity index (χ3v) is 3.32. The van der Waals surface area contributed by atoms with E-state index < -0.39 is 6.10 Å². The van der Waals surface area contributed by atoms with E-state index in [0.29, 0.717) is 11.7 Å².